The maximum atomic E-state index is 12.0. The number of hydrogen-bond acceptors (Lipinski definition) is 3. The Hall–Kier alpha value is -0.720. The van der Waals surface area contributed by atoms with Gasteiger partial charge in [-0.2, -0.15) is 0 Å². The van der Waals surface area contributed by atoms with E-state index >= 15 is 0 Å². The van der Waals surface area contributed by atoms with E-state index in [1.165, 1.54) is 0 Å². The van der Waals surface area contributed by atoms with E-state index in [9.17, 15) is 13.2 Å². The number of hydrogen-bond donors (Lipinski definition) is 1. The molecule has 0 aromatic carbocycles. The van der Waals surface area contributed by atoms with Crippen LogP contribution in [0.5, 0.6) is 5.75 Å². The highest BCUT2D eigenvalue weighted by Crippen LogP contribution is 2.33. The highest BCUT2D eigenvalue weighted by atomic mass is 35.5. The summed E-state index contributed by atoms with van der Waals surface area (Å²) < 4.78 is 39.5. The molecule has 0 unspecified atom stereocenters. The molecular weight excluding hydrogens is 256 g/mol. The Balaban J connectivity index is 3.15. The number of alkyl halides is 3. The van der Waals surface area contributed by atoms with Crippen molar-refractivity contribution in [3.05, 3.63) is 21.9 Å². The Labute approximate surface area is 92.9 Å². The summed E-state index contributed by atoms with van der Waals surface area (Å²) in [5.74, 6) is -0.615. The zero-order valence-electron chi connectivity index (χ0n) is 7.11. The topological polar surface area (TPSA) is 48.1 Å². The van der Waals surface area contributed by atoms with Crippen LogP contribution in [0.4, 0.5) is 13.2 Å². The van der Waals surface area contributed by atoms with Crippen molar-refractivity contribution in [3.63, 3.8) is 0 Å². The summed E-state index contributed by atoms with van der Waals surface area (Å²) in [4.78, 5) is 3.57. The minimum atomic E-state index is -4.84. The van der Waals surface area contributed by atoms with E-state index in [4.69, 9.17) is 28.9 Å². The minimum absolute atomic E-state index is 0.0463. The number of ether oxygens (including phenoxy) is 1. The van der Waals surface area contributed by atoms with Gasteiger partial charge in [0.15, 0.2) is 5.75 Å². The second-order valence-corrected chi connectivity index (χ2v) is 3.25. The van der Waals surface area contributed by atoms with E-state index in [2.05, 4.69) is 9.72 Å². The van der Waals surface area contributed by atoms with Crippen molar-refractivity contribution in [2.75, 3.05) is 0 Å². The Bertz CT molecular complexity index is 370. The first-order valence-electron chi connectivity index (χ1n) is 3.64. The van der Waals surface area contributed by atoms with Gasteiger partial charge in [-0.15, -0.1) is 13.2 Å². The summed E-state index contributed by atoms with van der Waals surface area (Å²) >= 11 is 11.0. The number of pyridine rings is 1. The van der Waals surface area contributed by atoms with Crippen LogP contribution in [0.2, 0.25) is 10.2 Å². The SMILES string of the molecule is NCc1nc(Cl)cc(Cl)c1OC(F)(F)F. The molecule has 84 valence electrons. The largest absolute Gasteiger partial charge is 0.573 e. The van der Waals surface area contributed by atoms with Gasteiger partial charge >= 0.3 is 6.36 Å². The van der Waals surface area contributed by atoms with Crippen LogP contribution in [0, 0.1) is 0 Å². The van der Waals surface area contributed by atoms with Gasteiger partial charge in [0.2, 0.25) is 0 Å². The Morgan fingerprint density at radius 2 is 2.00 bits per heavy atom. The van der Waals surface area contributed by atoms with Crippen LogP contribution in [0.25, 0.3) is 0 Å². The van der Waals surface area contributed by atoms with E-state index < -0.39 is 12.1 Å². The Morgan fingerprint density at radius 3 is 2.47 bits per heavy atom. The molecule has 1 aromatic rings. The fourth-order valence-electron chi connectivity index (χ4n) is 0.882. The van der Waals surface area contributed by atoms with Gasteiger partial charge < -0.3 is 10.5 Å². The second kappa shape index (κ2) is 4.42. The molecule has 0 saturated carbocycles. The van der Waals surface area contributed by atoms with Crippen molar-refractivity contribution in [2.45, 2.75) is 12.9 Å². The molecule has 8 heteroatoms. The molecule has 0 bridgehead atoms. The van der Waals surface area contributed by atoms with Crippen LogP contribution in [0.15, 0.2) is 6.07 Å². The molecule has 0 saturated heterocycles. The molecule has 0 aliphatic heterocycles. The normalized spacial score (nSPS) is 11.6. The first-order valence-corrected chi connectivity index (χ1v) is 4.40. The molecule has 0 radical (unpaired) electrons. The van der Waals surface area contributed by atoms with Gasteiger partial charge in [-0.3, -0.25) is 0 Å². The molecule has 0 aliphatic rings. The predicted molar refractivity (Wildman–Crippen MR) is 48.8 cm³/mol. The fourth-order valence-corrected chi connectivity index (χ4v) is 1.40. The summed E-state index contributed by atoms with van der Waals surface area (Å²) in [6.45, 7) is -0.258. The molecule has 2 N–H and O–H groups in total. The van der Waals surface area contributed by atoms with Crippen LogP contribution in [-0.2, 0) is 6.54 Å². The molecular formula is C7H5Cl2F3N2O. The van der Waals surface area contributed by atoms with Crippen LogP contribution >= 0.6 is 23.2 Å². The average molecular weight is 261 g/mol. The summed E-state index contributed by atoms with van der Waals surface area (Å²) in [7, 11) is 0. The van der Waals surface area contributed by atoms with Crippen molar-refractivity contribution >= 4 is 23.2 Å². The summed E-state index contributed by atoms with van der Waals surface area (Å²) in [5, 5.41) is -0.331. The number of halogens is 5. The van der Waals surface area contributed by atoms with E-state index in [-0.39, 0.29) is 22.4 Å². The highest BCUT2D eigenvalue weighted by Gasteiger charge is 2.33. The van der Waals surface area contributed by atoms with Crippen molar-refractivity contribution in [3.8, 4) is 5.75 Å². The molecule has 0 atom stereocenters. The molecule has 1 rings (SSSR count). The predicted octanol–water partition coefficient (Wildman–Crippen LogP) is 2.75. The minimum Gasteiger partial charge on any atom is -0.402 e. The smallest absolute Gasteiger partial charge is 0.402 e. The first-order chi connectivity index (χ1) is 6.83. The number of nitrogens with two attached hydrogens (primary N) is 1. The van der Waals surface area contributed by atoms with Gasteiger partial charge in [-0.05, 0) is 6.07 Å². The molecule has 0 spiro atoms. The van der Waals surface area contributed by atoms with Gasteiger partial charge in [0.05, 0.1) is 10.7 Å². The lowest BCUT2D eigenvalue weighted by Crippen LogP contribution is -2.19. The van der Waals surface area contributed by atoms with Gasteiger partial charge in [0.1, 0.15) is 5.15 Å². The fraction of sp³-hybridized carbons (Fsp3) is 0.286. The lowest BCUT2D eigenvalue weighted by atomic mass is 10.3. The van der Waals surface area contributed by atoms with Gasteiger partial charge in [0.25, 0.3) is 0 Å². The van der Waals surface area contributed by atoms with Crippen LogP contribution in [0.1, 0.15) is 5.69 Å². The van der Waals surface area contributed by atoms with Crippen molar-refractivity contribution < 1.29 is 17.9 Å². The third-order valence-corrected chi connectivity index (χ3v) is 1.85. The number of nitrogens with zero attached hydrogens (tertiary/aromatic N) is 1. The van der Waals surface area contributed by atoms with Crippen LogP contribution < -0.4 is 10.5 Å². The van der Waals surface area contributed by atoms with Crippen LogP contribution in [0.3, 0.4) is 0 Å². The zero-order valence-corrected chi connectivity index (χ0v) is 8.62. The van der Waals surface area contributed by atoms with Crippen molar-refractivity contribution in [1.29, 1.82) is 0 Å². The maximum Gasteiger partial charge on any atom is 0.573 e. The first kappa shape index (κ1) is 12.4. The summed E-state index contributed by atoms with van der Waals surface area (Å²) in [6, 6.07) is 1.04. The van der Waals surface area contributed by atoms with Crippen molar-refractivity contribution in [2.24, 2.45) is 5.73 Å². The molecule has 1 aromatic heterocycles. The summed E-state index contributed by atoms with van der Waals surface area (Å²) in [6.07, 6.45) is -4.84. The quantitative estimate of drug-likeness (QED) is 0.832. The second-order valence-electron chi connectivity index (χ2n) is 2.45. The molecule has 15 heavy (non-hydrogen) atoms. The number of aromatic nitrogens is 1. The van der Waals surface area contributed by atoms with Crippen molar-refractivity contribution in [1.82, 2.24) is 4.98 Å². The molecule has 0 fully saturated rings. The lowest BCUT2D eigenvalue weighted by molar-refractivity contribution is -0.275. The van der Waals surface area contributed by atoms with Gasteiger partial charge in [-0.25, -0.2) is 4.98 Å². The molecule has 0 amide bonds. The lowest BCUT2D eigenvalue weighted by Gasteiger charge is -2.13. The Morgan fingerprint density at radius 1 is 1.40 bits per heavy atom. The van der Waals surface area contributed by atoms with E-state index in [1.54, 1.807) is 0 Å². The average Bonchev–Trinajstić information content (AvgIpc) is 2.07. The monoisotopic (exact) mass is 260 g/mol. The third kappa shape index (κ3) is 3.40. The molecule has 1 heterocycles. The highest BCUT2D eigenvalue weighted by molar-refractivity contribution is 6.35. The van der Waals surface area contributed by atoms with E-state index in [0.717, 1.165) is 6.07 Å². The van der Waals surface area contributed by atoms with E-state index in [1.807, 2.05) is 0 Å². The zero-order chi connectivity index (χ0) is 11.6. The standard InChI is InChI=1S/C7H5Cl2F3N2O/c8-3-1-5(9)14-4(2-13)6(3)15-7(10,11)12/h1H,2,13H2. The molecule has 3 nitrogen and oxygen atoms in total. The summed E-state index contributed by atoms with van der Waals surface area (Å²) in [5.41, 5.74) is 5.03. The third-order valence-electron chi connectivity index (χ3n) is 1.38. The maximum absolute atomic E-state index is 12.0. The van der Waals surface area contributed by atoms with Gasteiger partial charge in [-0.1, -0.05) is 23.2 Å². The molecule has 0 aliphatic carbocycles. The number of rotatable bonds is 2. The Kier molecular flexibility index (Phi) is 3.64. The van der Waals surface area contributed by atoms with Crippen LogP contribution in [-0.4, -0.2) is 11.3 Å². The van der Waals surface area contributed by atoms with Gasteiger partial charge in [0, 0.05) is 6.54 Å². The van der Waals surface area contributed by atoms with E-state index in [0.29, 0.717) is 0 Å².